The summed E-state index contributed by atoms with van der Waals surface area (Å²) >= 11 is 0. The summed E-state index contributed by atoms with van der Waals surface area (Å²) in [5.74, 6) is -0.253. The molecular formula is C20H24ClNO2. The number of halogens is 1. The Morgan fingerprint density at radius 3 is 2.12 bits per heavy atom. The summed E-state index contributed by atoms with van der Waals surface area (Å²) < 4.78 is 5.84. The number of nitrogens with zero attached hydrogens (tertiary/aromatic N) is 1. The fourth-order valence-corrected chi connectivity index (χ4v) is 3.03. The van der Waals surface area contributed by atoms with Gasteiger partial charge in [-0.25, -0.2) is 4.79 Å². The average molecular weight is 346 g/mol. The molecule has 0 radical (unpaired) electrons. The van der Waals surface area contributed by atoms with E-state index in [1.165, 1.54) is 19.3 Å². The number of esters is 1. The molecule has 1 aliphatic heterocycles. The van der Waals surface area contributed by atoms with Crippen molar-refractivity contribution in [3.8, 4) is 0 Å². The smallest absolute Gasteiger partial charge is 0.338 e. The third-order valence-corrected chi connectivity index (χ3v) is 4.30. The molecule has 128 valence electrons. The van der Waals surface area contributed by atoms with E-state index < -0.39 is 0 Å². The molecule has 0 bridgehead atoms. The number of piperidine rings is 1. The van der Waals surface area contributed by atoms with Crippen molar-refractivity contribution in [2.45, 2.75) is 25.4 Å². The predicted molar refractivity (Wildman–Crippen MR) is 98.6 cm³/mol. The number of carbonyl (C=O) groups excluding carboxylic acids is 1. The maximum Gasteiger partial charge on any atom is 0.338 e. The molecule has 0 N–H and O–H groups in total. The Balaban J connectivity index is 0.00000208. The van der Waals surface area contributed by atoms with Crippen LogP contribution in [0, 0.1) is 0 Å². The van der Waals surface area contributed by atoms with E-state index in [1.54, 1.807) is 12.1 Å². The van der Waals surface area contributed by atoms with Crippen LogP contribution in [0.3, 0.4) is 0 Å². The van der Waals surface area contributed by atoms with Gasteiger partial charge in [-0.05, 0) is 43.6 Å². The quantitative estimate of drug-likeness (QED) is 0.748. The van der Waals surface area contributed by atoms with Gasteiger partial charge in [0.05, 0.1) is 5.56 Å². The van der Waals surface area contributed by atoms with Crippen molar-refractivity contribution in [2.75, 3.05) is 19.6 Å². The highest BCUT2D eigenvalue weighted by Crippen LogP contribution is 2.22. The molecule has 2 aromatic rings. The standard InChI is InChI=1S/C20H23NO2.ClH/c22-20(18-12-6-2-7-13-18)23-19(17-10-4-1-5-11-17)16-21-14-8-3-9-15-21;/h1-2,4-7,10-13,19H,3,8-9,14-16H2;1H. The molecule has 0 aliphatic carbocycles. The van der Waals surface area contributed by atoms with Gasteiger partial charge < -0.3 is 4.74 Å². The first-order valence-corrected chi connectivity index (χ1v) is 8.36. The number of hydrogen-bond donors (Lipinski definition) is 0. The fourth-order valence-electron chi connectivity index (χ4n) is 3.03. The molecule has 0 spiro atoms. The van der Waals surface area contributed by atoms with Crippen LogP contribution in [0.4, 0.5) is 0 Å². The number of ether oxygens (including phenoxy) is 1. The van der Waals surface area contributed by atoms with Crippen molar-refractivity contribution in [1.29, 1.82) is 0 Å². The van der Waals surface area contributed by atoms with Crippen LogP contribution < -0.4 is 0 Å². The molecule has 1 atom stereocenters. The Kier molecular flexibility index (Phi) is 7.29. The van der Waals surface area contributed by atoms with Crippen LogP contribution in [0.25, 0.3) is 0 Å². The van der Waals surface area contributed by atoms with Crippen LogP contribution in [0.1, 0.15) is 41.3 Å². The lowest BCUT2D eigenvalue weighted by Gasteiger charge is -2.30. The van der Waals surface area contributed by atoms with Gasteiger partial charge >= 0.3 is 5.97 Å². The Morgan fingerprint density at radius 2 is 1.50 bits per heavy atom. The maximum absolute atomic E-state index is 12.4. The second-order valence-electron chi connectivity index (χ2n) is 6.03. The van der Waals surface area contributed by atoms with Crippen molar-refractivity contribution in [1.82, 2.24) is 4.90 Å². The second-order valence-corrected chi connectivity index (χ2v) is 6.03. The SMILES string of the molecule is Cl.O=C(OC(CN1CCCCC1)c1ccccc1)c1ccccc1. The molecular weight excluding hydrogens is 322 g/mol. The molecule has 1 unspecified atom stereocenters. The minimum atomic E-state index is -0.253. The molecule has 1 fully saturated rings. The van der Waals surface area contributed by atoms with E-state index in [0.29, 0.717) is 5.56 Å². The number of rotatable bonds is 5. The third-order valence-electron chi connectivity index (χ3n) is 4.30. The largest absolute Gasteiger partial charge is 0.453 e. The van der Waals surface area contributed by atoms with Gasteiger partial charge in [0.25, 0.3) is 0 Å². The van der Waals surface area contributed by atoms with Crippen LogP contribution in [-0.4, -0.2) is 30.5 Å². The summed E-state index contributed by atoms with van der Waals surface area (Å²) in [5.41, 5.74) is 1.66. The highest BCUT2D eigenvalue weighted by Gasteiger charge is 2.22. The minimum absolute atomic E-state index is 0. The molecule has 2 aromatic carbocycles. The Morgan fingerprint density at radius 1 is 0.917 bits per heavy atom. The first kappa shape index (κ1) is 18.5. The van der Waals surface area contributed by atoms with Gasteiger partial charge in [-0.2, -0.15) is 0 Å². The predicted octanol–water partition coefficient (Wildman–Crippen LogP) is 4.49. The number of likely N-dealkylation sites (tertiary alicyclic amines) is 1. The summed E-state index contributed by atoms with van der Waals surface area (Å²) in [5, 5.41) is 0. The summed E-state index contributed by atoms with van der Waals surface area (Å²) in [6.45, 7) is 2.95. The van der Waals surface area contributed by atoms with E-state index in [4.69, 9.17) is 4.74 Å². The van der Waals surface area contributed by atoms with E-state index in [9.17, 15) is 4.79 Å². The molecule has 24 heavy (non-hydrogen) atoms. The summed E-state index contributed by atoms with van der Waals surface area (Å²) in [4.78, 5) is 14.8. The van der Waals surface area contributed by atoms with Gasteiger partial charge in [0.15, 0.2) is 0 Å². The monoisotopic (exact) mass is 345 g/mol. The molecule has 1 saturated heterocycles. The van der Waals surface area contributed by atoms with Gasteiger partial charge in [-0.15, -0.1) is 12.4 Å². The first-order chi connectivity index (χ1) is 11.3. The van der Waals surface area contributed by atoms with Crippen molar-refractivity contribution < 1.29 is 9.53 Å². The molecule has 0 amide bonds. The first-order valence-electron chi connectivity index (χ1n) is 8.36. The normalized spacial score (nSPS) is 16.0. The molecule has 1 aliphatic rings. The van der Waals surface area contributed by atoms with Crippen molar-refractivity contribution in [3.63, 3.8) is 0 Å². The van der Waals surface area contributed by atoms with E-state index in [1.807, 2.05) is 48.5 Å². The topological polar surface area (TPSA) is 29.5 Å². The zero-order valence-corrected chi connectivity index (χ0v) is 14.6. The number of benzene rings is 2. The third kappa shape index (κ3) is 5.08. The van der Waals surface area contributed by atoms with E-state index in [-0.39, 0.29) is 24.5 Å². The van der Waals surface area contributed by atoms with E-state index in [2.05, 4.69) is 4.90 Å². The second kappa shape index (κ2) is 9.45. The lowest BCUT2D eigenvalue weighted by molar-refractivity contribution is 0.0177. The lowest BCUT2D eigenvalue weighted by Crippen LogP contribution is -2.34. The van der Waals surface area contributed by atoms with Gasteiger partial charge in [-0.3, -0.25) is 4.90 Å². The fraction of sp³-hybridized carbons (Fsp3) is 0.350. The van der Waals surface area contributed by atoms with E-state index >= 15 is 0 Å². The molecule has 1 heterocycles. The van der Waals surface area contributed by atoms with Crippen molar-refractivity contribution in [2.24, 2.45) is 0 Å². The van der Waals surface area contributed by atoms with Gasteiger partial charge in [0.2, 0.25) is 0 Å². The Hall–Kier alpha value is -1.84. The Labute approximate surface area is 150 Å². The van der Waals surface area contributed by atoms with Crippen LogP contribution in [0.5, 0.6) is 0 Å². The molecule has 0 aromatic heterocycles. The highest BCUT2D eigenvalue weighted by molar-refractivity contribution is 5.89. The maximum atomic E-state index is 12.4. The highest BCUT2D eigenvalue weighted by atomic mass is 35.5. The van der Waals surface area contributed by atoms with Crippen LogP contribution in [0.2, 0.25) is 0 Å². The zero-order chi connectivity index (χ0) is 15.9. The lowest BCUT2D eigenvalue weighted by atomic mass is 10.1. The summed E-state index contributed by atoms with van der Waals surface area (Å²) in [7, 11) is 0. The van der Waals surface area contributed by atoms with Gasteiger partial charge in [0, 0.05) is 6.54 Å². The molecule has 3 rings (SSSR count). The van der Waals surface area contributed by atoms with Crippen molar-refractivity contribution in [3.05, 3.63) is 71.8 Å². The molecule has 0 saturated carbocycles. The minimum Gasteiger partial charge on any atom is -0.453 e. The zero-order valence-electron chi connectivity index (χ0n) is 13.8. The van der Waals surface area contributed by atoms with Gasteiger partial charge in [-0.1, -0.05) is 55.0 Å². The molecule has 4 heteroatoms. The Bertz CT molecular complexity index is 612. The van der Waals surface area contributed by atoms with Gasteiger partial charge in [0.1, 0.15) is 6.10 Å². The summed E-state index contributed by atoms with van der Waals surface area (Å²) in [6, 6.07) is 19.3. The average Bonchev–Trinajstić information content (AvgIpc) is 2.63. The number of carbonyl (C=O) groups is 1. The van der Waals surface area contributed by atoms with Crippen LogP contribution in [-0.2, 0) is 4.74 Å². The number of hydrogen-bond acceptors (Lipinski definition) is 3. The summed E-state index contributed by atoms with van der Waals surface area (Å²) in [6.07, 6.45) is 3.54. The van der Waals surface area contributed by atoms with E-state index in [0.717, 1.165) is 25.2 Å². The van der Waals surface area contributed by atoms with Crippen LogP contribution in [0.15, 0.2) is 60.7 Å². The molecule has 3 nitrogen and oxygen atoms in total. The van der Waals surface area contributed by atoms with Crippen molar-refractivity contribution >= 4 is 18.4 Å². The van der Waals surface area contributed by atoms with Crippen LogP contribution >= 0.6 is 12.4 Å².